The van der Waals surface area contributed by atoms with E-state index in [1.54, 1.807) is 30.5 Å². The Morgan fingerprint density at radius 2 is 1.63 bits per heavy atom. The lowest BCUT2D eigenvalue weighted by Crippen LogP contribution is -2.30. The monoisotopic (exact) mass is 388 g/mol. The number of nitrogens with one attached hydrogen (secondary N) is 1. The highest BCUT2D eigenvalue weighted by molar-refractivity contribution is 7.89. The lowest BCUT2D eigenvalue weighted by molar-refractivity contribution is 0.445. The van der Waals surface area contributed by atoms with Gasteiger partial charge in [0.2, 0.25) is 10.0 Å². The number of furan rings is 2. The smallest absolute Gasteiger partial charge is 0.243 e. The fraction of sp³-hybridized carbons (Fsp3) is 0.300. The predicted octanol–water partition coefficient (Wildman–Crippen LogP) is 3.86. The summed E-state index contributed by atoms with van der Waals surface area (Å²) < 4.78 is 37.7. The first-order valence-corrected chi connectivity index (χ1v) is 10.4. The van der Waals surface area contributed by atoms with Crippen LogP contribution in [0.2, 0.25) is 0 Å². The van der Waals surface area contributed by atoms with Crippen LogP contribution in [0.4, 0.5) is 0 Å². The molecule has 0 radical (unpaired) electrons. The summed E-state index contributed by atoms with van der Waals surface area (Å²) in [4.78, 5) is 0.293. The van der Waals surface area contributed by atoms with Gasteiger partial charge < -0.3 is 14.2 Å². The number of hydrogen-bond acceptors (Lipinski definition) is 5. The average molecular weight is 388 g/mol. The Balaban J connectivity index is 1.66. The van der Waals surface area contributed by atoms with Gasteiger partial charge >= 0.3 is 0 Å². The van der Waals surface area contributed by atoms with Crippen LogP contribution in [0.15, 0.2) is 68.5 Å². The van der Waals surface area contributed by atoms with Gasteiger partial charge in [-0.05, 0) is 48.5 Å². The van der Waals surface area contributed by atoms with Gasteiger partial charge in [-0.1, -0.05) is 13.8 Å². The maximum absolute atomic E-state index is 12.5. The number of nitrogens with zero attached hydrogens (tertiary/aromatic N) is 1. The molecule has 0 amide bonds. The Morgan fingerprint density at radius 1 is 0.926 bits per heavy atom. The van der Waals surface area contributed by atoms with Crippen LogP contribution < -0.4 is 5.32 Å². The minimum atomic E-state index is -3.44. The van der Waals surface area contributed by atoms with Gasteiger partial charge in [0.15, 0.2) is 0 Å². The summed E-state index contributed by atoms with van der Waals surface area (Å²) in [6, 6.07) is 14.4. The Hall–Kier alpha value is -2.35. The molecule has 3 rings (SSSR count). The van der Waals surface area contributed by atoms with E-state index in [1.807, 2.05) is 38.1 Å². The molecule has 2 heterocycles. The van der Waals surface area contributed by atoms with E-state index in [9.17, 15) is 8.42 Å². The summed E-state index contributed by atoms with van der Waals surface area (Å²) in [7, 11) is -3.44. The molecule has 3 aromatic rings. The van der Waals surface area contributed by atoms with E-state index in [0.717, 1.165) is 17.1 Å². The molecule has 0 aliphatic rings. The quantitative estimate of drug-likeness (QED) is 0.602. The van der Waals surface area contributed by atoms with Crippen molar-refractivity contribution in [2.24, 2.45) is 0 Å². The molecular formula is C20H24N2O4S. The van der Waals surface area contributed by atoms with E-state index in [1.165, 1.54) is 4.31 Å². The van der Waals surface area contributed by atoms with Crippen molar-refractivity contribution < 1.29 is 17.3 Å². The van der Waals surface area contributed by atoms with Crippen molar-refractivity contribution in [3.8, 4) is 11.3 Å². The lowest BCUT2D eigenvalue weighted by atomic mass is 10.2. The molecule has 0 fully saturated rings. The Kier molecular flexibility index (Phi) is 6.15. The van der Waals surface area contributed by atoms with Crippen molar-refractivity contribution in [1.29, 1.82) is 0 Å². The third kappa shape index (κ3) is 4.50. The van der Waals surface area contributed by atoms with Crippen molar-refractivity contribution in [2.45, 2.75) is 31.8 Å². The summed E-state index contributed by atoms with van der Waals surface area (Å²) in [6.45, 7) is 5.77. The molecule has 0 unspecified atom stereocenters. The Labute approximate surface area is 159 Å². The minimum absolute atomic E-state index is 0.293. The lowest BCUT2D eigenvalue weighted by Gasteiger charge is -2.18. The zero-order chi connectivity index (χ0) is 19.3. The van der Waals surface area contributed by atoms with E-state index in [2.05, 4.69) is 5.32 Å². The molecule has 1 aromatic carbocycles. The molecule has 2 aromatic heterocycles. The highest BCUT2D eigenvalue weighted by Gasteiger charge is 2.21. The molecule has 0 atom stereocenters. The molecule has 1 N–H and O–H groups in total. The molecule has 27 heavy (non-hydrogen) atoms. The summed E-state index contributed by atoms with van der Waals surface area (Å²) in [5, 5.41) is 3.25. The summed E-state index contributed by atoms with van der Waals surface area (Å²) >= 11 is 0. The number of hydrogen-bond donors (Lipinski definition) is 1. The zero-order valence-electron chi connectivity index (χ0n) is 15.5. The van der Waals surface area contributed by atoms with Crippen LogP contribution in [-0.4, -0.2) is 25.8 Å². The van der Waals surface area contributed by atoms with Gasteiger partial charge in [-0.2, -0.15) is 4.31 Å². The normalized spacial score (nSPS) is 12.0. The largest absolute Gasteiger partial charge is 0.468 e. The second-order valence-corrected chi connectivity index (χ2v) is 8.00. The summed E-state index contributed by atoms with van der Waals surface area (Å²) in [5.41, 5.74) is 0.839. The van der Waals surface area contributed by atoms with Crippen LogP contribution in [0.1, 0.15) is 25.4 Å². The van der Waals surface area contributed by atoms with Gasteiger partial charge in [0.05, 0.1) is 24.2 Å². The first-order valence-electron chi connectivity index (χ1n) is 8.97. The second-order valence-electron chi connectivity index (χ2n) is 6.06. The fourth-order valence-electron chi connectivity index (χ4n) is 2.85. The summed E-state index contributed by atoms with van der Waals surface area (Å²) in [5.74, 6) is 2.37. The molecule has 144 valence electrons. The Bertz CT molecular complexity index is 940. The topological polar surface area (TPSA) is 75.7 Å². The van der Waals surface area contributed by atoms with E-state index in [-0.39, 0.29) is 0 Å². The first kappa shape index (κ1) is 19.4. The van der Waals surface area contributed by atoms with Crippen LogP contribution >= 0.6 is 0 Å². The third-order valence-corrected chi connectivity index (χ3v) is 6.39. The molecule has 0 bridgehead atoms. The maximum Gasteiger partial charge on any atom is 0.243 e. The van der Waals surface area contributed by atoms with Crippen molar-refractivity contribution in [2.75, 3.05) is 13.1 Å². The number of benzene rings is 1. The van der Waals surface area contributed by atoms with E-state index in [0.29, 0.717) is 36.8 Å². The molecule has 6 nitrogen and oxygen atoms in total. The number of rotatable bonds is 9. The molecule has 0 saturated carbocycles. The van der Waals surface area contributed by atoms with E-state index < -0.39 is 10.0 Å². The highest BCUT2D eigenvalue weighted by Crippen LogP contribution is 2.25. The van der Waals surface area contributed by atoms with Crippen LogP contribution in [0.3, 0.4) is 0 Å². The zero-order valence-corrected chi connectivity index (χ0v) is 16.3. The second kappa shape index (κ2) is 8.56. The third-order valence-electron chi connectivity index (χ3n) is 4.32. The van der Waals surface area contributed by atoms with Crippen molar-refractivity contribution >= 4 is 10.0 Å². The van der Waals surface area contributed by atoms with Gasteiger partial charge in [0, 0.05) is 18.7 Å². The molecular weight excluding hydrogens is 364 g/mol. The van der Waals surface area contributed by atoms with Crippen molar-refractivity contribution in [3.63, 3.8) is 0 Å². The predicted molar refractivity (Wildman–Crippen MR) is 104 cm³/mol. The van der Waals surface area contributed by atoms with Crippen LogP contribution in [0, 0.1) is 0 Å². The van der Waals surface area contributed by atoms with Gasteiger partial charge in [-0.15, -0.1) is 0 Å². The van der Waals surface area contributed by atoms with Gasteiger partial charge in [-0.25, -0.2) is 8.42 Å². The van der Waals surface area contributed by atoms with Crippen LogP contribution in [-0.2, 0) is 23.1 Å². The minimum Gasteiger partial charge on any atom is -0.468 e. The van der Waals surface area contributed by atoms with Crippen molar-refractivity contribution in [3.05, 3.63) is 66.3 Å². The van der Waals surface area contributed by atoms with Crippen LogP contribution in [0.25, 0.3) is 11.3 Å². The first-order chi connectivity index (χ1) is 13.0. The fourth-order valence-corrected chi connectivity index (χ4v) is 4.31. The van der Waals surface area contributed by atoms with Crippen LogP contribution in [0.5, 0.6) is 0 Å². The average Bonchev–Trinajstić information content (AvgIpc) is 3.35. The molecule has 7 heteroatoms. The van der Waals surface area contributed by atoms with Gasteiger partial charge in [0.1, 0.15) is 17.3 Å². The maximum atomic E-state index is 12.5. The molecule has 0 aliphatic heterocycles. The number of sulfonamides is 1. The van der Waals surface area contributed by atoms with Gasteiger partial charge in [-0.3, -0.25) is 0 Å². The highest BCUT2D eigenvalue weighted by atomic mass is 32.2. The van der Waals surface area contributed by atoms with E-state index in [4.69, 9.17) is 8.83 Å². The van der Waals surface area contributed by atoms with Gasteiger partial charge in [0.25, 0.3) is 0 Å². The SMILES string of the molecule is CCN(CC)S(=O)(=O)c1ccc(-c2ccc(CNCc3ccco3)o2)cc1. The van der Waals surface area contributed by atoms with Crippen molar-refractivity contribution in [1.82, 2.24) is 9.62 Å². The molecule has 0 saturated heterocycles. The molecule has 0 aliphatic carbocycles. The summed E-state index contributed by atoms with van der Waals surface area (Å²) in [6.07, 6.45) is 1.64. The Morgan fingerprint density at radius 3 is 2.26 bits per heavy atom. The molecule has 0 spiro atoms. The standard InChI is InChI=1S/C20H24N2O4S/c1-3-22(4-2)27(23,24)19-10-7-16(8-11-19)20-12-9-18(26-20)15-21-14-17-6-5-13-25-17/h5-13,21H,3-4,14-15H2,1-2H3. The van der Waals surface area contributed by atoms with E-state index >= 15 is 0 Å².